The number of ketones is 1. The van der Waals surface area contributed by atoms with Crippen molar-refractivity contribution in [2.24, 2.45) is 5.73 Å². The molecule has 78 valence electrons. The van der Waals surface area contributed by atoms with Crippen LogP contribution < -0.4 is 5.73 Å². The van der Waals surface area contributed by atoms with Crippen molar-refractivity contribution < 1.29 is 9.53 Å². The van der Waals surface area contributed by atoms with Crippen LogP contribution in [0.15, 0.2) is 5.38 Å². The van der Waals surface area contributed by atoms with Gasteiger partial charge in [-0.3, -0.25) is 4.79 Å². The van der Waals surface area contributed by atoms with Gasteiger partial charge in [0.15, 0.2) is 10.8 Å². The first kappa shape index (κ1) is 11.3. The number of nitrogens with two attached hydrogens (primary N) is 1. The number of carbonyl (C=O) groups excluding carboxylic acids is 1. The molecule has 0 saturated carbocycles. The van der Waals surface area contributed by atoms with Crippen LogP contribution in [0, 0.1) is 0 Å². The second-order valence-electron chi connectivity index (χ2n) is 2.85. The van der Waals surface area contributed by atoms with Crippen molar-refractivity contribution in [2.45, 2.75) is 12.8 Å². The molecule has 2 N–H and O–H groups in total. The summed E-state index contributed by atoms with van der Waals surface area (Å²) in [7, 11) is 1.58. The van der Waals surface area contributed by atoms with Gasteiger partial charge in [-0.1, -0.05) is 0 Å². The minimum Gasteiger partial charge on any atom is -0.384 e. The molecule has 14 heavy (non-hydrogen) atoms. The molecule has 0 aliphatic heterocycles. The molecule has 0 amide bonds. The monoisotopic (exact) mass is 214 g/mol. The third kappa shape index (κ3) is 3.17. The van der Waals surface area contributed by atoms with E-state index in [9.17, 15) is 4.79 Å². The Morgan fingerprint density at radius 3 is 3.14 bits per heavy atom. The molecular formula is C9H14N2O2S. The topological polar surface area (TPSA) is 65.2 Å². The van der Waals surface area contributed by atoms with E-state index in [1.807, 2.05) is 5.38 Å². The standard InChI is InChI=1S/C9H14N2O2S/c1-13-5-3-8(12)9-11-7(2-4-10)6-14-9/h6H,2-5,10H2,1H3. The second-order valence-corrected chi connectivity index (χ2v) is 3.71. The summed E-state index contributed by atoms with van der Waals surface area (Å²) in [5.74, 6) is 0.0418. The van der Waals surface area contributed by atoms with Crippen LogP contribution in [0.3, 0.4) is 0 Å². The highest BCUT2D eigenvalue weighted by Crippen LogP contribution is 2.12. The highest BCUT2D eigenvalue weighted by Gasteiger charge is 2.10. The average molecular weight is 214 g/mol. The molecule has 0 aliphatic carbocycles. The average Bonchev–Trinajstić information content (AvgIpc) is 2.63. The minimum atomic E-state index is 0.0418. The predicted molar refractivity (Wildman–Crippen MR) is 55.7 cm³/mol. The summed E-state index contributed by atoms with van der Waals surface area (Å²) in [5, 5.41) is 2.44. The summed E-state index contributed by atoms with van der Waals surface area (Å²) in [6.45, 7) is 1.01. The smallest absolute Gasteiger partial charge is 0.193 e. The number of ether oxygens (including phenoxy) is 1. The lowest BCUT2D eigenvalue weighted by atomic mass is 10.3. The Labute approximate surface area is 87.1 Å². The number of nitrogens with zero attached hydrogens (tertiary/aromatic N) is 1. The van der Waals surface area contributed by atoms with E-state index in [2.05, 4.69) is 4.98 Å². The van der Waals surface area contributed by atoms with Crippen LogP contribution in [-0.4, -0.2) is 31.0 Å². The van der Waals surface area contributed by atoms with Crippen molar-refractivity contribution >= 4 is 17.1 Å². The summed E-state index contributed by atoms with van der Waals surface area (Å²) in [5.41, 5.74) is 6.29. The fourth-order valence-electron chi connectivity index (χ4n) is 0.999. The van der Waals surface area contributed by atoms with Gasteiger partial charge in [-0.15, -0.1) is 11.3 Å². The predicted octanol–water partition coefficient (Wildman–Crippen LogP) is 0.864. The molecule has 4 nitrogen and oxygen atoms in total. The molecule has 0 spiro atoms. The summed E-state index contributed by atoms with van der Waals surface area (Å²) in [6, 6.07) is 0. The van der Waals surface area contributed by atoms with Gasteiger partial charge in [-0.05, 0) is 6.54 Å². The van der Waals surface area contributed by atoms with Gasteiger partial charge in [0, 0.05) is 25.3 Å². The normalized spacial score (nSPS) is 10.4. The zero-order valence-corrected chi connectivity index (χ0v) is 8.97. The number of thiazole rings is 1. The fourth-order valence-corrected chi connectivity index (χ4v) is 1.82. The lowest BCUT2D eigenvalue weighted by molar-refractivity contribution is 0.0931. The van der Waals surface area contributed by atoms with Crippen LogP contribution in [0.1, 0.15) is 21.9 Å². The maximum atomic E-state index is 11.5. The minimum absolute atomic E-state index is 0.0418. The van der Waals surface area contributed by atoms with Crippen molar-refractivity contribution in [1.82, 2.24) is 4.98 Å². The van der Waals surface area contributed by atoms with E-state index in [0.29, 0.717) is 24.6 Å². The highest BCUT2D eigenvalue weighted by atomic mass is 32.1. The van der Waals surface area contributed by atoms with E-state index >= 15 is 0 Å². The van der Waals surface area contributed by atoms with Crippen LogP contribution in [0.25, 0.3) is 0 Å². The van der Waals surface area contributed by atoms with Crippen molar-refractivity contribution in [2.75, 3.05) is 20.3 Å². The Morgan fingerprint density at radius 2 is 2.50 bits per heavy atom. The molecule has 0 bridgehead atoms. The zero-order valence-electron chi connectivity index (χ0n) is 8.16. The molecule has 5 heteroatoms. The first-order chi connectivity index (χ1) is 6.77. The van der Waals surface area contributed by atoms with E-state index in [0.717, 1.165) is 12.1 Å². The van der Waals surface area contributed by atoms with Gasteiger partial charge in [0.2, 0.25) is 0 Å². The first-order valence-corrected chi connectivity index (χ1v) is 5.32. The van der Waals surface area contributed by atoms with Crippen LogP contribution in [-0.2, 0) is 11.2 Å². The van der Waals surface area contributed by atoms with Crippen LogP contribution in [0.5, 0.6) is 0 Å². The number of methoxy groups -OCH3 is 1. The highest BCUT2D eigenvalue weighted by molar-refractivity contribution is 7.11. The Morgan fingerprint density at radius 1 is 1.71 bits per heavy atom. The number of rotatable bonds is 6. The largest absolute Gasteiger partial charge is 0.384 e. The Hall–Kier alpha value is -0.780. The van der Waals surface area contributed by atoms with Gasteiger partial charge >= 0.3 is 0 Å². The van der Waals surface area contributed by atoms with Gasteiger partial charge < -0.3 is 10.5 Å². The molecule has 1 rings (SSSR count). The number of aromatic nitrogens is 1. The molecule has 0 saturated heterocycles. The summed E-state index contributed by atoms with van der Waals surface area (Å²) in [4.78, 5) is 15.6. The molecule has 1 heterocycles. The van der Waals surface area contributed by atoms with Crippen molar-refractivity contribution in [3.05, 3.63) is 16.1 Å². The van der Waals surface area contributed by atoms with Crippen LogP contribution >= 0.6 is 11.3 Å². The summed E-state index contributed by atoms with van der Waals surface area (Å²) in [6.07, 6.45) is 1.13. The second kappa shape index (κ2) is 5.85. The number of carbonyl (C=O) groups is 1. The molecule has 0 aliphatic rings. The van der Waals surface area contributed by atoms with Gasteiger partial charge in [-0.2, -0.15) is 0 Å². The number of hydrogen-bond donors (Lipinski definition) is 1. The van der Waals surface area contributed by atoms with E-state index < -0.39 is 0 Å². The van der Waals surface area contributed by atoms with Crippen molar-refractivity contribution in [3.63, 3.8) is 0 Å². The summed E-state index contributed by atoms with van der Waals surface area (Å²) >= 11 is 1.38. The van der Waals surface area contributed by atoms with E-state index in [-0.39, 0.29) is 5.78 Å². The molecule has 0 atom stereocenters. The van der Waals surface area contributed by atoms with Gasteiger partial charge in [0.05, 0.1) is 12.3 Å². The van der Waals surface area contributed by atoms with Gasteiger partial charge in [-0.25, -0.2) is 4.98 Å². The Balaban J connectivity index is 2.53. The molecule has 0 radical (unpaired) electrons. The Bertz CT molecular complexity index is 299. The molecule has 0 unspecified atom stereocenters. The zero-order chi connectivity index (χ0) is 10.4. The third-order valence-corrected chi connectivity index (χ3v) is 2.66. The number of Topliss-reactive ketones (excluding diaryl/α,β-unsaturated/α-hetero) is 1. The van der Waals surface area contributed by atoms with Crippen LogP contribution in [0.4, 0.5) is 0 Å². The van der Waals surface area contributed by atoms with E-state index in [1.165, 1.54) is 11.3 Å². The van der Waals surface area contributed by atoms with Gasteiger partial charge in [0.25, 0.3) is 0 Å². The molecule has 0 fully saturated rings. The lowest BCUT2D eigenvalue weighted by Crippen LogP contribution is -2.05. The molecular weight excluding hydrogens is 200 g/mol. The van der Waals surface area contributed by atoms with Crippen LogP contribution in [0.2, 0.25) is 0 Å². The van der Waals surface area contributed by atoms with E-state index in [4.69, 9.17) is 10.5 Å². The third-order valence-electron chi connectivity index (χ3n) is 1.72. The maximum Gasteiger partial charge on any atom is 0.193 e. The SMILES string of the molecule is COCCC(=O)c1nc(CCN)cs1. The molecule has 1 aromatic heterocycles. The fraction of sp³-hybridized carbons (Fsp3) is 0.556. The van der Waals surface area contributed by atoms with Crippen molar-refractivity contribution in [1.29, 1.82) is 0 Å². The molecule has 0 aromatic carbocycles. The lowest BCUT2D eigenvalue weighted by Gasteiger charge is -1.95. The molecule has 1 aromatic rings. The van der Waals surface area contributed by atoms with Crippen molar-refractivity contribution in [3.8, 4) is 0 Å². The van der Waals surface area contributed by atoms with E-state index in [1.54, 1.807) is 7.11 Å². The first-order valence-electron chi connectivity index (χ1n) is 4.44. The maximum absolute atomic E-state index is 11.5. The summed E-state index contributed by atoms with van der Waals surface area (Å²) < 4.78 is 4.82. The number of hydrogen-bond acceptors (Lipinski definition) is 5. The quantitative estimate of drug-likeness (QED) is 0.713. The van der Waals surface area contributed by atoms with Gasteiger partial charge in [0.1, 0.15) is 0 Å². The Kier molecular flexibility index (Phi) is 4.72.